The van der Waals surface area contributed by atoms with Crippen molar-refractivity contribution in [3.05, 3.63) is 0 Å². The number of likely N-dealkylation sites (tertiary alicyclic amines) is 1. The van der Waals surface area contributed by atoms with Crippen molar-refractivity contribution in [2.24, 2.45) is 0 Å². The Balaban J connectivity index is 1.74. The van der Waals surface area contributed by atoms with Crippen LogP contribution in [-0.4, -0.2) is 83.8 Å². The number of nitrogens with zero attached hydrogens (tertiary/aromatic N) is 3. The molecule has 2 fully saturated rings. The number of β-amino-alcohol motifs (C(OH)–C–C–N with tert-alkyl or cyclic N) is 1. The molecule has 0 amide bonds. The summed E-state index contributed by atoms with van der Waals surface area (Å²) in [4.78, 5) is 7.67. The van der Waals surface area contributed by atoms with E-state index in [1.165, 1.54) is 39.0 Å². The molecule has 0 aromatic rings. The van der Waals surface area contributed by atoms with Crippen LogP contribution >= 0.6 is 0 Å². The molecule has 0 unspecified atom stereocenters. The van der Waals surface area contributed by atoms with Crippen LogP contribution in [0.25, 0.3) is 0 Å². The first kappa shape index (κ1) is 15.2. The Morgan fingerprint density at radius 1 is 0.947 bits per heavy atom. The van der Waals surface area contributed by atoms with Crippen molar-refractivity contribution in [1.29, 1.82) is 0 Å². The zero-order valence-electron chi connectivity index (χ0n) is 12.9. The van der Waals surface area contributed by atoms with E-state index in [0.717, 1.165) is 25.7 Å². The summed E-state index contributed by atoms with van der Waals surface area (Å²) in [5.74, 6) is 0. The molecule has 0 bridgehead atoms. The minimum atomic E-state index is 0.296. The summed E-state index contributed by atoms with van der Waals surface area (Å²) in [7, 11) is 0. The molecule has 112 valence electrons. The lowest BCUT2D eigenvalue weighted by molar-refractivity contribution is 0.0294. The summed E-state index contributed by atoms with van der Waals surface area (Å²) < 4.78 is 0. The minimum Gasteiger partial charge on any atom is -0.395 e. The number of aliphatic hydroxyl groups excluding tert-OH is 1. The smallest absolute Gasteiger partial charge is 0.0558 e. The predicted molar refractivity (Wildman–Crippen MR) is 79.4 cm³/mol. The van der Waals surface area contributed by atoms with Gasteiger partial charge in [-0.15, -0.1) is 0 Å². The van der Waals surface area contributed by atoms with E-state index in [1.54, 1.807) is 0 Å². The molecule has 0 radical (unpaired) electrons. The molecule has 0 spiro atoms. The monoisotopic (exact) mass is 269 g/mol. The Kier molecular flexibility index (Phi) is 5.23. The molecule has 0 aromatic heterocycles. The van der Waals surface area contributed by atoms with Gasteiger partial charge in [-0.2, -0.15) is 0 Å². The number of piperidine rings is 1. The zero-order valence-corrected chi connectivity index (χ0v) is 12.9. The van der Waals surface area contributed by atoms with E-state index >= 15 is 0 Å². The van der Waals surface area contributed by atoms with Crippen LogP contribution in [-0.2, 0) is 0 Å². The van der Waals surface area contributed by atoms with Gasteiger partial charge in [-0.05, 0) is 33.6 Å². The molecule has 0 aromatic carbocycles. The summed E-state index contributed by atoms with van der Waals surface area (Å²) in [5.41, 5.74) is 0.324. The average Bonchev–Trinajstić information content (AvgIpc) is 2.39. The van der Waals surface area contributed by atoms with Gasteiger partial charge < -0.3 is 5.11 Å². The SMILES string of the molecule is CC(C)(C)N1CCC(N2CCN(CCO)CC2)CC1. The van der Waals surface area contributed by atoms with Gasteiger partial charge >= 0.3 is 0 Å². The topological polar surface area (TPSA) is 30.0 Å². The fraction of sp³-hybridized carbons (Fsp3) is 1.00. The summed E-state index contributed by atoms with van der Waals surface area (Å²) in [6.45, 7) is 15.2. The molecule has 0 atom stereocenters. The Morgan fingerprint density at radius 2 is 1.53 bits per heavy atom. The van der Waals surface area contributed by atoms with E-state index in [4.69, 9.17) is 5.11 Å². The molecular weight excluding hydrogens is 238 g/mol. The quantitative estimate of drug-likeness (QED) is 0.823. The van der Waals surface area contributed by atoms with Gasteiger partial charge in [0.2, 0.25) is 0 Å². The molecule has 2 aliphatic heterocycles. The predicted octanol–water partition coefficient (Wildman–Crippen LogP) is 0.859. The van der Waals surface area contributed by atoms with Crippen LogP contribution in [0.3, 0.4) is 0 Å². The maximum atomic E-state index is 8.98. The fourth-order valence-electron chi connectivity index (χ4n) is 3.40. The molecule has 0 aliphatic carbocycles. The average molecular weight is 269 g/mol. The lowest BCUT2D eigenvalue weighted by Crippen LogP contribution is -2.55. The van der Waals surface area contributed by atoms with Gasteiger partial charge in [-0.1, -0.05) is 0 Å². The Morgan fingerprint density at radius 3 is 2.00 bits per heavy atom. The number of hydrogen-bond donors (Lipinski definition) is 1. The highest BCUT2D eigenvalue weighted by Gasteiger charge is 2.30. The van der Waals surface area contributed by atoms with Gasteiger partial charge in [-0.3, -0.25) is 14.7 Å². The van der Waals surface area contributed by atoms with Crippen LogP contribution in [0.2, 0.25) is 0 Å². The van der Waals surface area contributed by atoms with Crippen molar-refractivity contribution in [2.75, 3.05) is 52.4 Å². The van der Waals surface area contributed by atoms with E-state index in [-0.39, 0.29) is 0 Å². The molecule has 0 saturated carbocycles. The van der Waals surface area contributed by atoms with E-state index in [9.17, 15) is 0 Å². The van der Waals surface area contributed by atoms with Crippen LogP contribution in [0.1, 0.15) is 33.6 Å². The number of aliphatic hydroxyl groups is 1. The van der Waals surface area contributed by atoms with Crippen LogP contribution < -0.4 is 0 Å². The standard InChI is InChI=1S/C15H31N3O/c1-15(2,3)18-6-4-14(5-7-18)17-10-8-16(9-11-17)12-13-19/h14,19H,4-13H2,1-3H3. The maximum Gasteiger partial charge on any atom is 0.0558 e. The van der Waals surface area contributed by atoms with Crippen LogP contribution in [0.4, 0.5) is 0 Å². The third-order valence-corrected chi connectivity index (χ3v) is 4.75. The molecule has 2 heterocycles. The van der Waals surface area contributed by atoms with Crippen LogP contribution in [0, 0.1) is 0 Å². The van der Waals surface area contributed by atoms with Crippen molar-refractivity contribution < 1.29 is 5.11 Å². The van der Waals surface area contributed by atoms with Crippen molar-refractivity contribution in [3.63, 3.8) is 0 Å². The van der Waals surface area contributed by atoms with E-state index in [0.29, 0.717) is 12.1 Å². The molecule has 2 saturated heterocycles. The minimum absolute atomic E-state index is 0.296. The van der Waals surface area contributed by atoms with Crippen LogP contribution in [0.15, 0.2) is 0 Å². The van der Waals surface area contributed by atoms with Crippen molar-refractivity contribution in [1.82, 2.24) is 14.7 Å². The lowest BCUT2D eigenvalue weighted by Gasteiger charge is -2.46. The first-order valence-electron chi connectivity index (χ1n) is 7.83. The van der Waals surface area contributed by atoms with Crippen molar-refractivity contribution in [2.45, 2.75) is 45.2 Å². The first-order chi connectivity index (χ1) is 9.00. The summed E-state index contributed by atoms with van der Waals surface area (Å²) in [6, 6.07) is 0.787. The van der Waals surface area contributed by atoms with E-state index < -0.39 is 0 Å². The summed E-state index contributed by atoms with van der Waals surface area (Å²) in [5, 5.41) is 8.98. The maximum absolute atomic E-state index is 8.98. The second-order valence-electron chi connectivity index (χ2n) is 6.99. The third kappa shape index (κ3) is 4.15. The zero-order chi connectivity index (χ0) is 13.9. The number of piperazine rings is 1. The number of hydrogen-bond acceptors (Lipinski definition) is 4. The Hall–Kier alpha value is -0.160. The van der Waals surface area contributed by atoms with Gasteiger partial charge in [0.15, 0.2) is 0 Å². The van der Waals surface area contributed by atoms with Gasteiger partial charge in [-0.25, -0.2) is 0 Å². The second-order valence-corrected chi connectivity index (χ2v) is 6.99. The Bertz CT molecular complexity index is 261. The summed E-state index contributed by atoms with van der Waals surface area (Å²) in [6.07, 6.45) is 2.63. The van der Waals surface area contributed by atoms with Crippen molar-refractivity contribution >= 4 is 0 Å². The first-order valence-corrected chi connectivity index (χ1v) is 7.83. The largest absolute Gasteiger partial charge is 0.395 e. The fourth-order valence-corrected chi connectivity index (χ4v) is 3.40. The van der Waals surface area contributed by atoms with E-state index in [2.05, 4.69) is 35.5 Å². The highest BCUT2D eigenvalue weighted by atomic mass is 16.3. The lowest BCUT2D eigenvalue weighted by atomic mass is 9.96. The second kappa shape index (κ2) is 6.53. The highest BCUT2D eigenvalue weighted by molar-refractivity contribution is 4.87. The molecular formula is C15H31N3O. The third-order valence-electron chi connectivity index (χ3n) is 4.75. The molecule has 2 aliphatic rings. The van der Waals surface area contributed by atoms with Gasteiger partial charge in [0, 0.05) is 57.4 Å². The molecule has 4 nitrogen and oxygen atoms in total. The van der Waals surface area contributed by atoms with Crippen LogP contribution in [0.5, 0.6) is 0 Å². The van der Waals surface area contributed by atoms with Gasteiger partial charge in [0.1, 0.15) is 0 Å². The molecule has 4 heteroatoms. The van der Waals surface area contributed by atoms with Gasteiger partial charge in [0.05, 0.1) is 6.61 Å². The highest BCUT2D eigenvalue weighted by Crippen LogP contribution is 2.23. The molecule has 2 rings (SSSR count). The van der Waals surface area contributed by atoms with Crippen molar-refractivity contribution in [3.8, 4) is 0 Å². The summed E-state index contributed by atoms with van der Waals surface area (Å²) >= 11 is 0. The molecule has 19 heavy (non-hydrogen) atoms. The normalized spacial score (nSPS) is 25.9. The molecule has 1 N–H and O–H groups in total. The Labute approximate surface area is 118 Å². The van der Waals surface area contributed by atoms with E-state index in [1.807, 2.05) is 0 Å². The van der Waals surface area contributed by atoms with Gasteiger partial charge in [0.25, 0.3) is 0 Å². The number of rotatable bonds is 3.